The number of amides is 1. The van der Waals surface area contributed by atoms with E-state index in [1.807, 2.05) is 49.4 Å². The molecule has 132 valence electrons. The third kappa shape index (κ3) is 4.63. The number of hydrogen-bond acceptors (Lipinski definition) is 5. The van der Waals surface area contributed by atoms with Crippen LogP contribution in [0.25, 0.3) is 0 Å². The van der Waals surface area contributed by atoms with Crippen LogP contribution in [0.3, 0.4) is 0 Å². The Hall–Kier alpha value is -3.28. The predicted molar refractivity (Wildman–Crippen MR) is 100 cm³/mol. The average Bonchev–Trinajstić information content (AvgIpc) is 2.72. The van der Waals surface area contributed by atoms with Crippen molar-refractivity contribution in [3.05, 3.63) is 83.9 Å². The second-order valence-electron chi connectivity index (χ2n) is 5.78. The summed E-state index contributed by atoms with van der Waals surface area (Å²) in [5.74, 6) is 0.328. The Labute approximate surface area is 153 Å². The van der Waals surface area contributed by atoms with Crippen LogP contribution < -0.4 is 5.32 Å². The quantitative estimate of drug-likeness (QED) is 0.711. The van der Waals surface area contributed by atoms with Crippen LogP contribution in [0.2, 0.25) is 0 Å². The highest BCUT2D eigenvalue weighted by Crippen LogP contribution is 2.10. The Morgan fingerprint density at radius 3 is 2.50 bits per heavy atom. The molecule has 6 heteroatoms. The zero-order chi connectivity index (χ0) is 18.2. The molecule has 2 aromatic heterocycles. The molecule has 1 N–H and O–H groups in total. The van der Waals surface area contributed by atoms with E-state index in [0.717, 1.165) is 11.1 Å². The summed E-state index contributed by atoms with van der Waals surface area (Å²) in [4.78, 5) is 27.1. The molecule has 3 rings (SSSR count). The first-order valence-corrected chi connectivity index (χ1v) is 8.55. The van der Waals surface area contributed by atoms with Gasteiger partial charge in [0.05, 0.1) is 0 Å². The van der Waals surface area contributed by atoms with Crippen LogP contribution in [0.15, 0.2) is 67.1 Å². The fourth-order valence-corrected chi connectivity index (χ4v) is 2.54. The summed E-state index contributed by atoms with van der Waals surface area (Å²) < 4.78 is 0. The van der Waals surface area contributed by atoms with E-state index < -0.39 is 0 Å². The molecule has 0 saturated heterocycles. The van der Waals surface area contributed by atoms with Crippen molar-refractivity contribution in [2.45, 2.75) is 20.0 Å². The minimum atomic E-state index is -0.106. The fraction of sp³-hybridized carbons (Fsp3) is 0.200. The SMILES string of the molecule is CCN(Cc1ccccc1)C(=O)c1ccnc(NCc2ccncc2)n1. The molecule has 6 nitrogen and oxygen atoms in total. The number of anilines is 1. The Balaban J connectivity index is 1.68. The van der Waals surface area contributed by atoms with E-state index in [9.17, 15) is 4.79 Å². The molecule has 0 aliphatic heterocycles. The Kier molecular flexibility index (Phi) is 5.88. The van der Waals surface area contributed by atoms with Gasteiger partial charge >= 0.3 is 0 Å². The number of rotatable bonds is 7. The predicted octanol–water partition coefficient (Wildman–Crippen LogP) is 3.15. The maximum atomic E-state index is 12.8. The molecule has 0 fully saturated rings. The van der Waals surface area contributed by atoms with Gasteiger partial charge in [-0.25, -0.2) is 9.97 Å². The minimum absolute atomic E-state index is 0.106. The van der Waals surface area contributed by atoms with Gasteiger partial charge in [0.25, 0.3) is 5.91 Å². The van der Waals surface area contributed by atoms with E-state index in [1.165, 1.54) is 0 Å². The number of nitrogens with one attached hydrogen (secondary N) is 1. The molecule has 0 radical (unpaired) electrons. The highest BCUT2D eigenvalue weighted by Gasteiger charge is 2.16. The number of benzene rings is 1. The first-order chi connectivity index (χ1) is 12.8. The lowest BCUT2D eigenvalue weighted by Gasteiger charge is -2.20. The van der Waals surface area contributed by atoms with Gasteiger partial charge in [0.1, 0.15) is 5.69 Å². The van der Waals surface area contributed by atoms with Gasteiger partial charge in [-0.15, -0.1) is 0 Å². The van der Waals surface area contributed by atoms with Crippen molar-refractivity contribution in [1.82, 2.24) is 19.9 Å². The van der Waals surface area contributed by atoms with Crippen LogP contribution in [-0.4, -0.2) is 32.3 Å². The second-order valence-corrected chi connectivity index (χ2v) is 5.78. The lowest BCUT2D eigenvalue weighted by atomic mass is 10.2. The summed E-state index contributed by atoms with van der Waals surface area (Å²) in [5.41, 5.74) is 2.54. The Morgan fingerprint density at radius 1 is 1.00 bits per heavy atom. The maximum absolute atomic E-state index is 12.8. The number of nitrogens with zero attached hydrogens (tertiary/aromatic N) is 4. The van der Waals surface area contributed by atoms with Crippen molar-refractivity contribution in [2.24, 2.45) is 0 Å². The zero-order valence-corrected chi connectivity index (χ0v) is 14.7. The first-order valence-electron chi connectivity index (χ1n) is 8.55. The largest absolute Gasteiger partial charge is 0.350 e. The zero-order valence-electron chi connectivity index (χ0n) is 14.7. The molecule has 0 atom stereocenters. The van der Waals surface area contributed by atoms with Gasteiger partial charge in [0, 0.05) is 38.2 Å². The molecule has 0 spiro atoms. The van der Waals surface area contributed by atoms with E-state index in [-0.39, 0.29) is 5.91 Å². The van der Waals surface area contributed by atoms with E-state index in [0.29, 0.717) is 31.3 Å². The van der Waals surface area contributed by atoms with E-state index in [4.69, 9.17) is 0 Å². The smallest absolute Gasteiger partial charge is 0.272 e. The van der Waals surface area contributed by atoms with Crippen molar-refractivity contribution in [1.29, 1.82) is 0 Å². The molecule has 0 aliphatic rings. The van der Waals surface area contributed by atoms with Gasteiger partial charge in [-0.3, -0.25) is 9.78 Å². The van der Waals surface area contributed by atoms with Crippen LogP contribution >= 0.6 is 0 Å². The van der Waals surface area contributed by atoms with E-state index in [2.05, 4.69) is 20.3 Å². The third-order valence-corrected chi connectivity index (χ3v) is 3.96. The molecule has 26 heavy (non-hydrogen) atoms. The molecule has 3 aromatic rings. The topological polar surface area (TPSA) is 71.0 Å². The van der Waals surface area contributed by atoms with Gasteiger partial charge < -0.3 is 10.2 Å². The average molecular weight is 347 g/mol. The van der Waals surface area contributed by atoms with Crippen LogP contribution in [0.4, 0.5) is 5.95 Å². The molecule has 0 aliphatic carbocycles. The summed E-state index contributed by atoms with van der Waals surface area (Å²) in [6.07, 6.45) is 5.08. The van der Waals surface area contributed by atoms with Gasteiger partial charge in [-0.05, 0) is 36.2 Å². The van der Waals surface area contributed by atoms with Crippen molar-refractivity contribution in [3.63, 3.8) is 0 Å². The van der Waals surface area contributed by atoms with Gasteiger partial charge in [0.15, 0.2) is 0 Å². The molecule has 1 aromatic carbocycles. The molecular weight excluding hydrogens is 326 g/mol. The second kappa shape index (κ2) is 8.71. The lowest BCUT2D eigenvalue weighted by molar-refractivity contribution is 0.0746. The van der Waals surface area contributed by atoms with Crippen LogP contribution in [0, 0.1) is 0 Å². The summed E-state index contributed by atoms with van der Waals surface area (Å²) in [5, 5.41) is 3.14. The van der Waals surface area contributed by atoms with Crippen molar-refractivity contribution in [3.8, 4) is 0 Å². The number of aromatic nitrogens is 3. The van der Waals surface area contributed by atoms with E-state index >= 15 is 0 Å². The number of carbonyl (C=O) groups excluding carboxylic acids is 1. The van der Waals surface area contributed by atoms with Crippen LogP contribution in [-0.2, 0) is 13.1 Å². The van der Waals surface area contributed by atoms with Crippen molar-refractivity contribution < 1.29 is 4.79 Å². The van der Waals surface area contributed by atoms with Crippen LogP contribution in [0.1, 0.15) is 28.5 Å². The first kappa shape index (κ1) is 17.5. The summed E-state index contributed by atoms with van der Waals surface area (Å²) in [6, 6.07) is 15.4. The molecule has 2 heterocycles. The Bertz CT molecular complexity index is 839. The number of hydrogen-bond donors (Lipinski definition) is 1. The van der Waals surface area contributed by atoms with Gasteiger partial charge in [-0.1, -0.05) is 30.3 Å². The summed E-state index contributed by atoms with van der Waals surface area (Å²) in [6.45, 7) is 3.70. The van der Waals surface area contributed by atoms with Crippen molar-refractivity contribution >= 4 is 11.9 Å². The van der Waals surface area contributed by atoms with E-state index in [1.54, 1.807) is 29.6 Å². The molecule has 0 unspecified atom stereocenters. The molecule has 0 saturated carbocycles. The highest BCUT2D eigenvalue weighted by molar-refractivity contribution is 5.92. The van der Waals surface area contributed by atoms with Gasteiger partial charge in [-0.2, -0.15) is 0 Å². The molecule has 1 amide bonds. The number of pyridine rings is 1. The molecular formula is C20H21N5O. The normalized spacial score (nSPS) is 10.3. The van der Waals surface area contributed by atoms with Crippen molar-refractivity contribution in [2.75, 3.05) is 11.9 Å². The number of carbonyl (C=O) groups is 1. The molecule has 0 bridgehead atoms. The Morgan fingerprint density at radius 2 is 1.77 bits per heavy atom. The highest BCUT2D eigenvalue weighted by atomic mass is 16.2. The summed E-state index contributed by atoms with van der Waals surface area (Å²) in [7, 11) is 0. The van der Waals surface area contributed by atoms with Crippen LogP contribution in [0.5, 0.6) is 0 Å². The summed E-state index contributed by atoms with van der Waals surface area (Å²) >= 11 is 0. The fourth-order valence-electron chi connectivity index (χ4n) is 2.54. The maximum Gasteiger partial charge on any atom is 0.272 e. The third-order valence-electron chi connectivity index (χ3n) is 3.96. The lowest BCUT2D eigenvalue weighted by Crippen LogP contribution is -2.31. The van der Waals surface area contributed by atoms with Gasteiger partial charge in [0.2, 0.25) is 5.95 Å². The monoisotopic (exact) mass is 347 g/mol. The standard InChI is InChI=1S/C20H21N5O/c1-2-25(15-17-6-4-3-5-7-17)19(26)18-10-13-22-20(24-18)23-14-16-8-11-21-12-9-16/h3-13H,2,14-15H2,1H3,(H,22,23,24). The minimum Gasteiger partial charge on any atom is -0.350 e.